The third-order valence-electron chi connectivity index (χ3n) is 5.13. The number of hydrogen-bond donors (Lipinski definition) is 2. The second-order valence-electron chi connectivity index (χ2n) is 7.87. The summed E-state index contributed by atoms with van der Waals surface area (Å²) in [7, 11) is 1.79. The van der Waals surface area contributed by atoms with Crippen molar-refractivity contribution in [3.8, 4) is 6.07 Å². The van der Waals surface area contributed by atoms with E-state index >= 15 is 0 Å². The van der Waals surface area contributed by atoms with Crippen LogP contribution in [0.1, 0.15) is 38.1 Å². The highest BCUT2D eigenvalue weighted by molar-refractivity contribution is 5.80. The summed E-state index contributed by atoms with van der Waals surface area (Å²) in [5.74, 6) is 2.37. The van der Waals surface area contributed by atoms with Crippen LogP contribution in [0.25, 0.3) is 0 Å². The summed E-state index contributed by atoms with van der Waals surface area (Å²) in [6.07, 6.45) is 6.03. The molecule has 7 heteroatoms. The maximum absolute atomic E-state index is 9.41. The van der Waals surface area contributed by atoms with Crippen LogP contribution in [0.2, 0.25) is 0 Å². The number of anilines is 1. The number of guanidine groups is 1. The van der Waals surface area contributed by atoms with Crippen LogP contribution in [-0.2, 0) is 13.1 Å². The Hall–Kier alpha value is -3.01. The van der Waals surface area contributed by atoms with Crippen molar-refractivity contribution in [2.45, 2.75) is 45.8 Å². The van der Waals surface area contributed by atoms with Crippen molar-refractivity contribution in [3.63, 3.8) is 0 Å². The summed E-state index contributed by atoms with van der Waals surface area (Å²) >= 11 is 0. The molecule has 2 N–H and O–H groups in total. The lowest BCUT2D eigenvalue weighted by Crippen LogP contribution is -2.51. The fourth-order valence-corrected chi connectivity index (χ4v) is 3.78. The Labute approximate surface area is 173 Å². The van der Waals surface area contributed by atoms with Crippen molar-refractivity contribution in [1.29, 1.82) is 5.26 Å². The molecule has 0 amide bonds. The number of nitrogens with one attached hydrogen (secondary N) is 2. The number of aliphatic imine (C=N–C) groups is 1. The van der Waals surface area contributed by atoms with Gasteiger partial charge in [-0.3, -0.25) is 4.99 Å². The lowest BCUT2D eigenvalue weighted by atomic mass is 10.0. The third-order valence-corrected chi connectivity index (χ3v) is 5.13. The molecule has 29 heavy (non-hydrogen) atoms. The van der Waals surface area contributed by atoms with Crippen LogP contribution < -0.4 is 15.5 Å². The number of imidazole rings is 1. The van der Waals surface area contributed by atoms with Gasteiger partial charge in [-0.2, -0.15) is 5.26 Å². The summed E-state index contributed by atoms with van der Waals surface area (Å²) in [5, 5.41) is 16.3. The highest BCUT2D eigenvalue weighted by Crippen LogP contribution is 2.23. The molecule has 1 aromatic carbocycles. The highest BCUT2D eigenvalue weighted by atomic mass is 15.2. The molecule has 1 aliphatic rings. The van der Waals surface area contributed by atoms with Gasteiger partial charge in [0.15, 0.2) is 5.96 Å². The third kappa shape index (κ3) is 5.50. The number of nitriles is 1. The predicted molar refractivity (Wildman–Crippen MR) is 117 cm³/mol. The average molecular weight is 394 g/mol. The van der Waals surface area contributed by atoms with Crippen molar-refractivity contribution in [2.24, 2.45) is 10.9 Å². The minimum absolute atomic E-state index is 0.275. The van der Waals surface area contributed by atoms with Gasteiger partial charge in [-0.05, 0) is 30.9 Å². The van der Waals surface area contributed by atoms with E-state index < -0.39 is 0 Å². The largest absolute Gasteiger partial charge is 0.368 e. The first kappa shape index (κ1) is 20.7. The normalized spacial score (nSPS) is 17.3. The molecule has 1 aromatic heterocycles. The molecule has 7 nitrogen and oxygen atoms in total. The summed E-state index contributed by atoms with van der Waals surface area (Å²) in [6, 6.07) is 10.4. The molecule has 0 aliphatic carbocycles. The molecule has 154 valence electrons. The van der Waals surface area contributed by atoms with Gasteiger partial charge in [0.1, 0.15) is 11.9 Å². The molecule has 1 saturated heterocycles. The molecule has 1 fully saturated rings. The van der Waals surface area contributed by atoms with Gasteiger partial charge in [-0.15, -0.1) is 0 Å². The van der Waals surface area contributed by atoms with Gasteiger partial charge in [0.2, 0.25) is 0 Å². The molecule has 3 rings (SSSR count). The maximum Gasteiger partial charge on any atom is 0.191 e. The van der Waals surface area contributed by atoms with Crippen LogP contribution in [0, 0.1) is 17.2 Å². The van der Waals surface area contributed by atoms with Gasteiger partial charge in [-0.25, -0.2) is 4.98 Å². The second kappa shape index (κ2) is 9.97. The van der Waals surface area contributed by atoms with Crippen molar-refractivity contribution in [1.82, 2.24) is 20.2 Å². The van der Waals surface area contributed by atoms with Crippen molar-refractivity contribution in [2.75, 3.05) is 25.0 Å². The van der Waals surface area contributed by atoms with E-state index in [0.717, 1.165) is 55.5 Å². The first-order chi connectivity index (χ1) is 14.1. The van der Waals surface area contributed by atoms with Gasteiger partial charge in [0, 0.05) is 45.1 Å². The van der Waals surface area contributed by atoms with Gasteiger partial charge in [-0.1, -0.05) is 26.0 Å². The number of aromatic nitrogens is 2. The molecule has 2 aromatic rings. The van der Waals surface area contributed by atoms with Gasteiger partial charge in [0.25, 0.3) is 0 Å². The number of para-hydroxylation sites is 1. The monoisotopic (exact) mass is 393 g/mol. The number of piperidine rings is 1. The van der Waals surface area contributed by atoms with E-state index in [4.69, 9.17) is 0 Å². The lowest BCUT2D eigenvalue weighted by molar-refractivity contribution is 0.466. The molecule has 1 atom stereocenters. The zero-order chi connectivity index (χ0) is 20.6. The minimum Gasteiger partial charge on any atom is -0.368 e. The Balaban J connectivity index is 1.58. The lowest BCUT2D eigenvalue weighted by Gasteiger charge is -2.35. The standard InChI is InChI=1S/C22H31N7/c1-17(2)15-29-12-10-25-21(29)14-26-22(24-3)27-19-8-6-11-28(16-19)20-9-5-4-7-18(20)13-23/h4-5,7,9-10,12,17,19H,6,8,11,14-16H2,1-3H3,(H2,24,26,27). The first-order valence-corrected chi connectivity index (χ1v) is 10.3. The molecule has 1 aliphatic heterocycles. The van der Waals surface area contributed by atoms with Gasteiger partial charge in [0.05, 0.1) is 17.8 Å². The number of nitrogens with zero attached hydrogens (tertiary/aromatic N) is 5. The topological polar surface area (TPSA) is 81.3 Å². The Kier molecular flexibility index (Phi) is 7.12. The fraction of sp³-hybridized carbons (Fsp3) is 0.500. The summed E-state index contributed by atoms with van der Waals surface area (Å²) in [4.78, 5) is 11.2. The smallest absolute Gasteiger partial charge is 0.191 e. The van der Waals surface area contributed by atoms with Crippen LogP contribution in [0.4, 0.5) is 5.69 Å². The van der Waals surface area contributed by atoms with Crippen molar-refractivity contribution >= 4 is 11.6 Å². The van der Waals surface area contributed by atoms with Crippen LogP contribution in [0.5, 0.6) is 0 Å². The summed E-state index contributed by atoms with van der Waals surface area (Å²) in [6.45, 7) is 7.82. The fourth-order valence-electron chi connectivity index (χ4n) is 3.78. The SMILES string of the molecule is CN=C(NCc1nccn1CC(C)C)NC1CCCN(c2ccccc2C#N)C1. The molecule has 0 radical (unpaired) electrons. The first-order valence-electron chi connectivity index (χ1n) is 10.3. The van der Waals surface area contributed by atoms with E-state index in [1.807, 2.05) is 36.7 Å². The minimum atomic E-state index is 0.275. The Bertz CT molecular complexity index is 862. The maximum atomic E-state index is 9.41. The Morgan fingerprint density at radius 3 is 2.97 bits per heavy atom. The molecule has 0 spiro atoms. The van der Waals surface area contributed by atoms with Gasteiger partial charge < -0.3 is 20.1 Å². The number of hydrogen-bond acceptors (Lipinski definition) is 4. The Morgan fingerprint density at radius 1 is 1.38 bits per heavy atom. The van der Waals surface area contributed by atoms with E-state index in [2.05, 4.69) is 50.0 Å². The number of benzene rings is 1. The van der Waals surface area contributed by atoms with Crippen LogP contribution in [-0.4, -0.2) is 41.7 Å². The zero-order valence-electron chi connectivity index (χ0n) is 17.6. The second-order valence-corrected chi connectivity index (χ2v) is 7.87. The molecular formula is C22H31N7. The predicted octanol–water partition coefficient (Wildman–Crippen LogP) is 2.74. The molecule has 1 unspecified atom stereocenters. The zero-order valence-corrected chi connectivity index (χ0v) is 17.6. The molecule has 0 bridgehead atoms. The van der Waals surface area contributed by atoms with Crippen LogP contribution >= 0.6 is 0 Å². The van der Waals surface area contributed by atoms with E-state index in [1.54, 1.807) is 7.05 Å². The molecular weight excluding hydrogens is 362 g/mol. The summed E-state index contributed by atoms with van der Waals surface area (Å²) < 4.78 is 2.19. The Morgan fingerprint density at radius 2 is 2.21 bits per heavy atom. The van der Waals surface area contributed by atoms with Crippen LogP contribution in [0.3, 0.4) is 0 Å². The van der Waals surface area contributed by atoms with Crippen molar-refractivity contribution < 1.29 is 0 Å². The molecule has 0 saturated carbocycles. The average Bonchev–Trinajstić information content (AvgIpc) is 3.17. The van der Waals surface area contributed by atoms with Crippen molar-refractivity contribution in [3.05, 3.63) is 48.0 Å². The highest BCUT2D eigenvalue weighted by Gasteiger charge is 2.22. The van der Waals surface area contributed by atoms with E-state index in [-0.39, 0.29) is 6.04 Å². The van der Waals surface area contributed by atoms with E-state index in [1.165, 1.54) is 0 Å². The summed E-state index contributed by atoms with van der Waals surface area (Å²) in [5.41, 5.74) is 1.74. The van der Waals surface area contributed by atoms with E-state index in [0.29, 0.717) is 12.5 Å². The molecule has 2 heterocycles. The van der Waals surface area contributed by atoms with Crippen LogP contribution in [0.15, 0.2) is 41.7 Å². The number of rotatable bonds is 6. The van der Waals surface area contributed by atoms with Gasteiger partial charge >= 0.3 is 0 Å². The quantitative estimate of drug-likeness (QED) is 0.583. The van der Waals surface area contributed by atoms with E-state index in [9.17, 15) is 5.26 Å².